The molecule has 1 aliphatic carbocycles. The first kappa shape index (κ1) is 8.02. The molecular formula is C8H17NO. The van der Waals surface area contributed by atoms with Gasteiger partial charge in [0.1, 0.15) is 0 Å². The molecule has 2 heteroatoms. The van der Waals surface area contributed by atoms with Crippen LogP contribution in [-0.4, -0.2) is 17.3 Å². The van der Waals surface area contributed by atoms with E-state index in [-0.39, 0.29) is 5.54 Å². The van der Waals surface area contributed by atoms with Crippen LogP contribution in [0.4, 0.5) is 0 Å². The molecule has 0 aromatic rings. The largest absolute Gasteiger partial charge is 0.396 e. The standard InChI is InChI=1S/C8H17NO/c1-8(9)4-2-3-7(5-8)6-10/h7,10H,2-6,9H2,1H3. The molecule has 0 amide bonds. The van der Waals surface area contributed by atoms with Crippen LogP contribution < -0.4 is 5.73 Å². The molecule has 0 aromatic heterocycles. The SMILES string of the molecule is CC1(N)CCCC(CO)C1. The van der Waals surface area contributed by atoms with Gasteiger partial charge in [0.15, 0.2) is 0 Å². The molecule has 0 radical (unpaired) electrons. The topological polar surface area (TPSA) is 46.2 Å². The average molecular weight is 143 g/mol. The zero-order valence-electron chi connectivity index (χ0n) is 6.64. The Morgan fingerprint density at radius 3 is 2.80 bits per heavy atom. The van der Waals surface area contributed by atoms with Gasteiger partial charge in [0.05, 0.1) is 0 Å². The summed E-state index contributed by atoms with van der Waals surface area (Å²) in [4.78, 5) is 0. The second kappa shape index (κ2) is 2.89. The quantitative estimate of drug-likeness (QED) is 0.572. The van der Waals surface area contributed by atoms with Crippen LogP contribution in [-0.2, 0) is 0 Å². The zero-order valence-corrected chi connectivity index (χ0v) is 6.64. The number of rotatable bonds is 1. The van der Waals surface area contributed by atoms with Gasteiger partial charge in [-0.15, -0.1) is 0 Å². The maximum absolute atomic E-state index is 8.87. The lowest BCUT2D eigenvalue weighted by molar-refractivity contribution is 0.151. The van der Waals surface area contributed by atoms with Crippen LogP contribution in [0, 0.1) is 5.92 Å². The Labute approximate surface area is 62.4 Å². The third-order valence-corrected chi connectivity index (χ3v) is 2.37. The molecule has 1 fully saturated rings. The van der Waals surface area contributed by atoms with E-state index in [4.69, 9.17) is 10.8 Å². The number of hydrogen-bond acceptors (Lipinski definition) is 2. The summed E-state index contributed by atoms with van der Waals surface area (Å²) < 4.78 is 0. The summed E-state index contributed by atoms with van der Waals surface area (Å²) in [6.45, 7) is 2.39. The van der Waals surface area contributed by atoms with Crippen molar-refractivity contribution in [3.8, 4) is 0 Å². The number of aliphatic hydroxyl groups excluding tert-OH is 1. The van der Waals surface area contributed by atoms with E-state index in [0.29, 0.717) is 12.5 Å². The zero-order chi connectivity index (χ0) is 7.61. The van der Waals surface area contributed by atoms with E-state index in [2.05, 4.69) is 6.92 Å². The third kappa shape index (κ3) is 1.96. The third-order valence-electron chi connectivity index (χ3n) is 2.37. The molecule has 1 saturated carbocycles. The fourth-order valence-corrected chi connectivity index (χ4v) is 1.81. The summed E-state index contributed by atoms with van der Waals surface area (Å²) in [5.74, 6) is 0.462. The van der Waals surface area contributed by atoms with Gasteiger partial charge < -0.3 is 10.8 Å². The van der Waals surface area contributed by atoms with Gasteiger partial charge in [-0.1, -0.05) is 6.42 Å². The predicted octanol–water partition coefficient (Wildman–Crippen LogP) is 0.886. The van der Waals surface area contributed by atoms with Crippen LogP contribution in [0.3, 0.4) is 0 Å². The van der Waals surface area contributed by atoms with Gasteiger partial charge in [-0.2, -0.15) is 0 Å². The normalized spacial score (nSPS) is 41.7. The Hall–Kier alpha value is -0.0800. The van der Waals surface area contributed by atoms with Crippen molar-refractivity contribution in [2.75, 3.05) is 6.61 Å². The van der Waals surface area contributed by atoms with Crippen molar-refractivity contribution < 1.29 is 5.11 Å². The van der Waals surface area contributed by atoms with E-state index in [1.54, 1.807) is 0 Å². The highest BCUT2D eigenvalue weighted by Crippen LogP contribution is 2.29. The van der Waals surface area contributed by atoms with Crippen LogP contribution in [0.15, 0.2) is 0 Å². The second-order valence-electron chi connectivity index (χ2n) is 3.80. The molecule has 1 aliphatic rings. The van der Waals surface area contributed by atoms with E-state index < -0.39 is 0 Å². The minimum atomic E-state index is -0.00829. The first-order chi connectivity index (χ1) is 4.64. The van der Waals surface area contributed by atoms with Gasteiger partial charge in [0.2, 0.25) is 0 Å². The van der Waals surface area contributed by atoms with Crippen molar-refractivity contribution in [1.29, 1.82) is 0 Å². The van der Waals surface area contributed by atoms with Gasteiger partial charge in [0.25, 0.3) is 0 Å². The Morgan fingerprint density at radius 1 is 1.70 bits per heavy atom. The van der Waals surface area contributed by atoms with Crippen molar-refractivity contribution >= 4 is 0 Å². The van der Waals surface area contributed by atoms with Crippen LogP contribution in [0.5, 0.6) is 0 Å². The fraction of sp³-hybridized carbons (Fsp3) is 1.00. The van der Waals surface area contributed by atoms with Crippen LogP contribution in [0.1, 0.15) is 32.6 Å². The Morgan fingerprint density at radius 2 is 2.40 bits per heavy atom. The summed E-state index contributed by atoms with van der Waals surface area (Å²) in [5, 5.41) is 8.87. The van der Waals surface area contributed by atoms with Crippen LogP contribution in [0.2, 0.25) is 0 Å². The summed E-state index contributed by atoms with van der Waals surface area (Å²) in [6, 6.07) is 0. The molecule has 0 aromatic carbocycles. The lowest BCUT2D eigenvalue weighted by Crippen LogP contribution is -2.41. The molecule has 60 valence electrons. The van der Waals surface area contributed by atoms with E-state index in [1.165, 1.54) is 6.42 Å². The lowest BCUT2D eigenvalue weighted by Gasteiger charge is -2.34. The highest BCUT2D eigenvalue weighted by atomic mass is 16.3. The van der Waals surface area contributed by atoms with Crippen molar-refractivity contribution in [3.05, 3.63) is 0 Å². The van der Waals surface area contributed by atoms with Crippen LogP contribution in [0.25, 0.3) is 0 Å². The van der Waals surface area contributed by atoms with Crippen LogP contribution >= 0.6 is 0 Å². The first-order valence-electron chi connectivity index (χ1n) is 4.04. The molecule has 0 bridgehead atoms. The molecule has 3 N–H and O–H groups in total. The summed E-state index contributed by atoms with van der Waals surface area (Å²) in [5.41, 5.74) is 5.92. The second-order valence-corrected chi connectivity index (χ2v) is 3.80. The molecule has 0 aliphatic heterocycles. The molecule has 10 heavy (non-hydrogen) atoms. The maximum Gasteiger partial charge on any atom is 0.0459 e. The molecule has 1 rings (SSSR count). The fourth-order valence-electron chi connectivity index (χ4n) is 1.81. The average Bonchev–Trinajstić information content (AvgIpc) is 1.86. The molecule has 2 atom stereocenters. The Bertz CT molecular complexity index is 112. The predicted molar refractivity (Wildman–Crippen MR) is 41.6 cm³/mol. The first-order valence-corrected chi connectivity index (χ1v) is 4.04. The van der Waals surface area contributed by atoms with Crippen molar-refractivity contribution in [1.82, 2.24) is 0 Å². The Kier molecular flexibility index (Phi) is 2.32. The van der Waals surface area contributed by atoms with E-state index in [0.717, 1.165) is 19.3 Å². The van der Waals surface area contributed by atoms with Gasteiger partial charge in [-0.05, 0) is 32.1 Å². The smallest absolute Gasteiger partial charge is 0.0459 e. The molecule has 0 saturated heterocycles. The summed E-state index contributed by atoms with van der Waals surface area (Å²) in [7, 11) is 0. The minimum Gasteiger partial charge on any atom is -0.396 e. The molecule has 0 spiro atoms. The van der Waals surface area contributed by atoms with E-state index in [1.807, 2.05) is 0 Å². The summed E-state index contributed by atoms with van der Waals surface area (Å²) in [6.07, 6.45) is 4.44. The van der Waals surface area contributed by atoms with Gasteiger partial charge in [-0.3, -0.25) is 0 Å². The van der Waals surface area contributed by atoms with Crippen molar-refractivity contribution in [2.45, 2.75) is 38.1 Å². The molecule has 0 heterocycles. The number of aliphatic hydroxyl groups is 1. The van der Waals surface area contributed by atoms with E-state index >= 15 is 0 Å². The monoisotopic (exact) mass is 143 g/mol. The summed E-state index contributed by atoms with van der Waals surface area (Å²) >= 11 is 0. The van der Waals surface area contributed by atoms with Crippen molar-refractivity contribution in [2.24, 2.45) is 11.7 Å². The number of nitrogens with two attached hydrogens (primary N) is 1. The maximum atomic E-state index is 8.87. The highest BCUT2D eigenvalue weighted by Gasteiger charge is 2.27. The van der Waals surface area contributed by atoms with E-state index in [9.17, 15) is 0 Å². The van der Waals surface area contributed by atoms with Gasteiger partial charge in [0, 0.05) is 12.1 Å². The molecule has 2 nitrogen and oxygen atoms in total. The minimum absolute atomic E-state index is 0.00829. The number of hydrogen-bond donors (Lipinski definition) is 2. The van der Waals surface area contributed by atoms with Crippen molar-refractivity contribution in [3.63, 3.8) is 0 Å². The lowest BCUT2D eigenvalue weighted by atomic mass is 9.78. The molecular weight excluding hydrogens is 126 g/mol. The highest BCUT2D eigenvalue weighted by molar-refractivity contribution is 4.85. The Balaban J connectivity index is 2.40. The molecule has 2 unspecified atom stereocenters. The van der Waals surface area contributed by atoms with Gasteiger partial charge in [-0.25, -0.2) is 0 Å². The van der Waals surface area contributed by atoms with Gasteiger partial charge >= 0.3 is 0 Å².